The second-order valence-corrected chi connectivity index (χ2v) is 5.26. The molecule has 1 saturated carbocycles. The molecule has 3 aromatic rings. The van der Waals surface area contributed by atoms with Crippen LogP contribution >= 0.6 is 0 Å². The van der Waals surface area contributed by atoms with Crippen LogP contribution in [0, 0.1) is 0 Å². The Labute approximate surface area is 121 Å². The number of fused-ring (bicyclic) bond motifs is 1. The van der Waals surface area contributed by atoms with Gasteiger partial charge in [-0.3, -0.25) is 5.10 Å². The fourth-order valence-electron chi connectivity index (χ4n) is 2.39. The smallest absolute Gasteiger partial charge is 0.242 e. The Bertz CT molecular complexity index is 769. The van der Waals surface area contributed by atoms with Crippen LogP contribution in [0.4, 0.5) is 17.6 Å². The number of rotatable bonds is 5. The summed E-state index contributed by atoms with van der Waals surface area (Å²) in [6.45, 7) is 2.80. The van der Waals surface area contributed by atoms with Crippen LogP contribution in [0.15, 0.2) is 24.4 Å². The molecule has 0 unspecified atom stereocenters. The van der Waals surface area contributed by atoms with Crippen molar-refractivity contribution in [3.63, 3.8) is 0 Å². The van der Waals surface area contributed by atoms with E-state index in [0.717, 1.165) is 23.7 Å². The van der Waals surface area contributed by atoms with Crippen molar-refractivity contribution in [2.75, 3.05) is 17.2 Å². The Morgan fingerprint density at radius 1 is 1.43 bits per heavy atom. The molecular formula is C14H17N7. The summed E-state index contributed by atoms with van der Waals surface area (Å²) in [7, 11) is 0. The summed E-state index contributed by atoms with van der Waals surface area (Å²) in [5.41, 5.74) is 2.12. The predicted molar refractivity (Wildman–Crippen MR) is 81.0 cm³/mol. The number of aromatic nitrogens is 5. The molecule has 1 fully saturated rings. The van der Waals surface area contributed by atoms with Gasteiger partial charge in [-0.25, -0.2) is 4.52 Å². The van der Waals surface area contributed by atoms with Gasteiger partial charge in [0.1, 0.15) is 5.52 Å². The number of nitrogens with zero attached hydrogens (tertiary/aromatic N) is 4. The number of hydrogen-bond acceptors (Lipinski definition) is 5. The molecule has 0 amide bonds. The topological polar surface area (TPSA) is 82.9 Å². The van der Waals surface area contributed by atoms with Crippen LogP contribution in [0.2, 0.25) is 0 Å². The minimum atomic E-state index is 0.599. The van der Waals surface area contributed by atoms with Crippen LogP contribution < -0.4 is 10.6 Å². The van der Waals surface area contributed by atoms with Gasteiger partial charge in [-0.2, -0.15) is 10.1 Å². The number of hydrogen-bond donors (Lipinski definition) is 3. The van der Waals surface area contributed by atoms with Crippen molar-refractivity contribution < 1.29 is 0 Å². The lowest BCUT2D eigenvalue weighted by Gasteiger charge is -2.08. The van der Waals surface area contributed by atoms with Crippen molar-refractivity contribution >= 4 is 23.1 Å². The molecule has 3 heterocycles. The Kier molecular flexibility index (Phi) is 2.77. The molecule has 0 aliphatic heterocycles. The molecule has 1 aliphatic rings. The average Bonchev–Trinajstić information content (AvgIpc) is 3.03. The molecule has 0 bridgehead atoms. The van der Waals surface area contributed by atoms with Crippen molar-refractivity contribution in [1.29, 1.82) is 0 Å². The summed E-state index contributed by atoms with van der Waals surface area (Å²) in [6.07, 6.45) is 4.41. The fourth-order valence-corrected chi connectivity index (χ4v) is 2.39. The summed E-state index contributed by atoms with van der Waals surface area (Å²) in [5.74, 6) is 2.80. The van der Waals surface area contributed by atoms with Crippen LogP contribution in [-0.4, -0.2) is 31.3 Å². The molecule has 3 N–H and O–H groups in total. The van der Waals surface area contributed by atoms with Crippen molar-refractivity contribution in [1.82, 2.24) is 24.8 Å². The van der Waals surface area contributed by atoms with Gasteiger partial charge in [-0.05, 0) is 31.9 Å². The highest BCUT2D eigenvalue weighted by atomic mass is 15.3. The predicted octanol–water partition coefficient (Wildman–Crippen LogP) is 2.51. The molecule has 7 heteroatoms. The SMILES string of the molecule is CCNc1nc(Nc2cc(C3CC3)[nH]n2)c2cccn2n1. The summed E-state index contributed by atoms with van der Waals surface area (Å²) < 4.78 is 1.81. The van der Waals surface area contributed by atoms with E-state index in [1.807, 2.05) is 29.8 Å². The average molecular weight is 283 g/mol. The van der Waals surface area contributed by atoms with Crippen LogP contribution in [0.3, 0.4) is 0 Å². The quantitative estimate of drug-likeness (QED) is 0.670. The normalized spacial score (nSPS) is 14.5. The number of anilines is 3. The van der Waals surface area contributed by atoms with Crippen molar-refractivity contribution in [3.8, 4) is 0 Å². The van der Waals surface area contributed by atoms with Crippen molar-refractivity contribution in [2.45, 2.75) is 25.7 Å². The Morgan fingerprint density at radius 3 is 3.14 bits per heavy atom. The first kappa shape index (κ1) is 12.2. The summed E-state index contributed by atoms with van der Waals surface area (Å²) in [6, 6.07) is 5.99. The fraction of sp³-hybridized carbons (Fsp3) is 0.357. The first-order chi connectivity index (χ1) is 10.3. The molecular weight excluding hydrogens is 266 g/mol. The van der Waals surface area contributed by atoms with Gasteiger partial charge in [-0.15, -0.1) is 5.10 Å². The summed E-state index contributed by atoms with van der Waals surface area (Å²) in [5, 5.41) is 18.2. The summed E-state index contributed by atoms with van der Waals surface area (Å²) >= 11 is 0. The van der Waals surface area contributed by atoms with Gasteiger partial charge in [0.25, 0.3) is 0 Å². The van der Waals surface area contributed by atoms with Crippen LogP contribution in [0.5, 0.6) is 0 Å². The zero-order chi connectivity index (χ0) is 14.2. The molecule has 21 heavy (non-hydrogen) atoms. The molecule has 0 aromatic carbocycles. The second-order valence-electron chi connectivity index (χ2n) is 5.26. The van der Waals surface area contributed by atoms with Gasteiger partial charge >= 0.3 is 0 Å². The lowest BCUT2D eigenvalue weighted by Crippen LogP contribution is -2.08. The standard InChI is InChI=1S/C14H17N7/c1-2-15-14-17-13(11-4-3-7-21(11)20-14)16-12-8-10(18-19-12)9-5-6-9/h3-4,7-9H,2,5-6H2,1H3,(H3,15,16,17,18,19,20). The third-order valence-electron chi connectivity index (χ3n) is 3.59. The van der Waals surface area contributed by atoms with Crippen LogP contribution in [0.25, 0.3) is 5.52 Å². The molecule has 7 nitrogen and oxygen atoms in total. The largest absolute Gasteiger partial charge is 0.353 e. The monoisotopic (exact) mass is 283 g/mol. The zero-order valence-corrected chi connectivity index (χ0v) is 11.8. The molecule has 0 saturated heterocycles. The first-order valence-electron chi connectivity index (χ1n) is 7.25. The summed E-state index contributed by atoms with van der Waals surface area (Å²) in [4.78, 5) is 4.52. The minimum Gasteiger partial charge on any atom is -0.353 e. The van der Waals surface area contributed by atoms with E-state index >= 15 is 0 Å². The molecule has 108 valence electrons. The lowest BCUT2D eigenvalue weighted by atomic mass is 10.3. The maximum atomic E-state index is 4.52. The third kappa shape index (κ3) is 2.31. The van der Waals surface area contributed by atoms with E-state index in [2.05, 4.69) is 37.0 Å². The van der Waals surface area contributed by atoms with E-state index < -0.39 is 0 Å². The van der Waals surface area contributed by atoms with Crippen molar-refractivity contribution in [2.24, 2.45) is 0 Å². The molecule has 4 rings (SSSR count). The number of aromatic amines is 1. The van der Waals surface area contributed by atoms with Crippen molar-refractivity contribution in [3.05, 3.63) is 30.1 Å². The Hall–Kier alpha value is -2.57. The zero-order valence-electron chi connectivity index (χ0n) is 11.8. The third-order valence-corrected chi connectivity index (χ3v) is 3.59. The van der Waals surface area contributed by atoms with Crippen LogP contribution in [0.1, 0.15) is 31.4 Å². The molecule has 0 spiro atoms. The molecule has 0 radical (unpaired) electrons. The highest BCUT2D eigenvalue weighted by Crippen LogP contribution is 2.39. The van der Waals surface area contributed by atoms with Crippen LogP contribution in [-0.2, 0) is 0 Å². The first-order valence-corrected chi connectivity index (χ1v) is 7.25. The molecule has 1 aliphatic carbocycles. The highest BCUT2D eigenvalue weighted by molar-refractivity contribution is 5.73. The van der Waals surface area contributed by atoms with Gasteiger partial charge < -0.3 is 10.6 Å². The van der Waals surface area contributed by atoms with Gasteiger partial charge in [0.15, 0.2) is 11.6 Å². The van der Waals surface area contributed by atoms with E-state index in [1.54, 1.807) is 0 Å². The van der Waals surface area contributed by atoms with Gasteiger partial charge in [0, 0.05) is 30.4 Å². The number of nitrogens with one attached hydrogen (secondary N) is 3. The van der Waals surface area contributed by atoms with E-state index in [0.29, 0.717) is 11.9 Å². The Balaban J connectivity index is 1.68. The maximum Gasteiger partial charge on any atom is 0.242 e. The van der Waals surface area contributed by atoms with Gasteiger partial charge in [0.05, 0.1) is 0 Å². The molecule has 0 atom stereocenters. The van der Waals surface area contributed by atoms with E-state index in [-0.39, 0.29) is 0 Å². The Morgan fingerprint density at radius 2 is 2.33 bits per heavy atom. The maximum absolute atomic E-state index is 4.52. The number of H-pyrrole nitrogens is 1. The second kappa shape index (κ2) is 4.76. The lowest BCUT2D eigenvalue weighted by molar-refractivity contribution is 0.900. The van der Waals surface area contributed by atoms with E-state index in [9.17, 15) is 0 Å². The molecule has 3 aromatic heterocycles. The van der Waals surface area contributed by atoms with Gasteiger partial charge in [-0.1, -0.05) is 0 Å². The van der Waals surface area contributed by atoms with E-state index in [1.165, 1.54) is 18.5 Å². The van der Waals surface area contributed by atoms with E-state index in [4.69, 9.17) is 0 Å². The highest BCUT2D eigenvalue weighted by Gasteiger charge is 2.25. The minimum absolute atomic E-state index is 0.599. The van der Waals surface area contributed by atoms with Gasteiger partial charge in [0.2, 0.25) is 5.95 Å².